The summed E-state index contributed by atoms with van der Waals surface area (Å²) in [6.07, 6.45) is 9.10. The molecule has 0 spiro atoms. The lowest BCUT2D eigenvalue weighted by Gasteiger charge is -2.57. The van der Waals surface area contributed by atoms with E-state index in [2.05, 4.69) is 39.8 Å². The van der Waals surface area contributed by atoms with Crippen LogP contribution in [0.4, 0.5) is 9.59 Å². The van der Waals surface area contributed by atoms with E-state index in [1.54, 1.807) is 7.11 Å². The Morgan fingerprint density at radius 1 is 0.933 bits per heavy atom. The van der Waals surface area contributed by atoms with Crippen LogP contribution in [0.1, 0.15) is 99.3 Å². The van der Waals surface area contributed by atoms with Gasteiger partial charge in [-0.25, -0.2) is 9.59 Å². The summed E-state index contributed by atoms with van der Waals surface area (Å²) < 4.78 is 32.3. The maximum absolute atomic E-state index is 13.6. The van der Waals surface area contributed by atoms with Gasteiger partial charge in [-0.3, -0.25) is 4.79 Å². The number of Topliss-reactive ketones (excluding diaryl/α,β-unsaturated/α-hetero) is 1. The van der Waals surface area contributed by atoms with Gasteiger partial charge in [0.25, 0.3) is 0 Å². The molecule has 9 heteroatoms. The highest BCUT2D eigenvalue weighted by Crippen LogP contribution is 2.66. The molecule has 0 amide bonds. The molecule has 0 aliphatic heterocycles. The minimum atomic E-state index is -0.791. The van der Waals surface area contributed by atoms with Crippen LogP contribution in [0, 0.1) is 40.4 Å². The standard InChI is InChI=1S/C36H56O9/c1-10-36(11-2,43-21-40-7)30(37)18-22(3)23(4)27-14-15-28-26-13-12-24-19-25(44-32(38)41-8)20-31(45-33(39)42-9)35(24,6)29(26)16-17-34(27,28)5/h12-13,22-23,25,27-29,31H,10-11,14-21H2,1-9H3/t22?,23-,25-,27-,28+,29+,31+,34-,35+/m1/s1. The summed E-state index contributed by atoms with van der Waals surface area (Å²) in [5, 5.41) is 0. The minimum Gasteiger partial charge on any atom is -0.438 e. The fourth-order valence-corrected chi connectivity index (χ4v) is 9.68. The van der Waals surface area contributed by atoms with E-state index in [0.717, 1.165) is 31.3 Å². The van der Waals surface area contributed by atoms with Gasteiger partial charge in [-0.05, 0) is 73.5 Å². The number of carbonyl (C=O) groups is 3. The lowest BCUT2D eigenvalue weighted by Crippen LogP contribution is -2.54. The normalized spacial score (nSPS) is 33.8. The lowest BCUT2D eigenvalue weighted by atomic mass is 9.49. The second kappa shape index (κ2) is 14.2. The molecular formula is C36H56O9. The predicted octanol–water partition coefficient (Wildman–Crippen LogP) is 7.81. The first-order valence-electron chi connectivity index (χ1n) is 16.9. The fraction of sp³-hybridized carbons (Fsp3) is 0.806. The van der Waals surface area contributed by atoms with E-state index in [1.807, 2.05) is 13.8 Å². The summed E-state index contributed by atoms with van der Waals surface area (Å²) >= 11 is 0. The third-order valence-electron chi connectivity index (χ3n) is 12.6. The summed E-state index contributed by atoms with van der Waals surface area (Å²) in [5.41, 5.74) is 1.48. The van der Waals surface area contributed by atoms with Gasteiger partial charge in [0.2, 0.25) is 0 Å². The van der Waals surface area contributed by atoms with Gasteiger partial charge in [-0.1, -0.05) is 64.8 Å². The molecule has 0 bridgehead atoms. The van der Waals surface area contributed by atoms with Crippen molar-refractivity contribution in [1.82, 2.24) is 0 Å². The molecule has 0 heterocycles. The fourth-order valence-electron chi connectivity index (χ4n) is 9.68. The average molecular weight is 633 g/mol. The molecule has 0 radical (unpaired) electrons. The number of fused-ring (bicyclic) bond motifs is 5. The smallest absolute Gasteiger partial charge is 0.438 e. The molecular weight excluding hydrogens is 576 g/mol. The van der Waals surface area contributed by atoms with Gasteiger partial charge in [-0.2, -0.15) is 0 Å². The van der Waals surface area contributed by atoms with Crippen molar-refractivity contribution in [3.05, 3.63) is 23.3 Å². The maximum Gasteiger partial charge on any atom is 0.508 e. The molecule has 0 aromatic rings. The van der Waals surface area contributed by atoms with Crippen LogP contribution in [0.3, 0.4) is 0 Å². The van der Waals surface area contributed by atoms with Crippen LogP contribution >= 0.6 is 0 Å². The number of hydrogen-bond acceptors (Lipinski definition) is 9. The molecule has 0 N–H and O–H groups in total. The van der Waals surface area contributed by atoms with Crippen LogP contribution in [0.5, 0.6) is 0 Å². The molecule has 1 unspecified atom stereocenters. The van der Waals surface area contributed by atoms with Crippen molar-refractivity contribution in [1.29, 1.82) is 0 Å². The summed E-state index contributed by atoms with van der Waals surface area (Å²) in [4.78, 5) is 38.0. The van der Waals surface area contributed by atoms with Crippen LogP contribution < -0.4 is 0 Å². The first-order valence-corrected chi connectivity index (χ1v) is 16.9. The van der Waals surface area contributed by atoms with E-state index in [0.29, 0.717) is 49.9 Å². The van der Waals surface area contributed by atoms with Gasteiger partial charge in [0.1, 0.15) is 24.6 Å². The van der Waals surface area contributed by atoms with E-state index in [9.17, 15) is 14.4 Å². The predicted molar refractivity (Wildman–Crippen MR) is 169 cm³/mol. The molecule has 254 valence electrons. The Morgan fingerprint density at radius 2 is 1.60 bits per heavy atom. The number of carbonyl (C=O) groups excluding carboxylic acids is 3. The van der Waals surface area contributed by atoms with Gasteiger partial charge in [0.15, 0.2) is 5.78 Å². The molecule has 9 nitrogen and oxygen atoms in total. The zero-order valence-corrected chi connectivity index (χ0v) is 28.9. The topological polar surface area (TPSA) is 107 Å². The van der Waals surface area contributed by atoms with E-state index in [4.69, 9.17) is 28.4 Å². The van der Waals surface area contributed by atoms with E-state index >= 15 is 0 Å². The largest absolute Gasteiger partial charge is 0.508 e. The molecule has 4 rings (SSSR count). The van der Waals surface area contributed by atoms with Crippen molar-refractivity contribution < 1.29 is 42.8 Å². The first-order chi connectivity index (χ1) is 21.3. The quantitative estimate of drug-likeness (QED) is 0.157. The number of rotatable bonds is 12. The monoisotopic (exact) mass is 632 g/mol. The third-order valence-corrected chi connectivity index (χ3v) is 12.6. The highest BCUT2D eigenvalue weighted by molar-refractivity contribution is 5.87. The van der Waals surface area contributed by atoms with Crippen molar-refractivity contribution in [3.63, 3.8) is 0 Å². The van der Waals surface area contributed by atoms with Crippen LogP contribution in [0.2, 0.25) is 0 Å². The van der Waals surface area contributed by atoms with Gasteiger partial charge < -0.3 is 28.4 Å². The van der Waals surface area contributed by atoms with Crippen LogP contribution in [0.25, 0.3) is 0 Å². The number of hydrogen-bond donors (Lipinski definition) is 0. The van der Waals surface area contributed by atoms with Crippen LogP contribution in [0.15, 0.2) is 23.3 Å². The Labute approximate surface area is 269 Å². The Balaban J connectivity index is 1.56. The molecule has 4 aliphatic carbocycles. The number of methoxy groups -OCH3 is 3. The Kier molecular flexibility index (Phi) is 11.2. The Morgan fingerprint density at radius 3 is 2.22 bits per heavy atom. The zero-order chi connectivity index (χ0) is 33.2. The van der Waals surface area contributed by atoms with Crippen molar-refractivity contribution in [2.24, 2.45) is 40.4 Å². The summed E-state index contributed by atoms with van der Waals surface area (Å²) in [7, 11) is 4.20. The van der Waals surface area contributed by atoms with E-state index in [1.165, 1.54) is 19.8 Å². The Bertz CT molecular complexity index is 1160. The van der Waals surface area contributed by atoms with Crippen molar-refractivity contribution >= 4 is 18.1 Å². The molecule has 4 aliphatic rings. The summed E-state index contributed by atoms with van der Waals surface area (Å²) in [6, 6.07) is 0. The Hall–Kier alpha value is -2.39. The zero-order valence-electron chi connectivity index (χ0n) is 28.9. The van der Waals surface area contributed by atoms with Crippen LogP contribution in [-0.2, 0) is 33.2 Å². The maximum atomic E-state index is 13.6. The third kappa shape index (κ3) is 6.45. The summed E-state index contributed by atoms with van der Waals surface area (Å²) in [6.45, 7) is 13.4. The number of ketones is 1. The van der Waals surface area contributed by atoms with Crippen molar-refractivity contribution in [3.8, 4) is 0 Å². The lowest BCUT2D eigenvalue weighted by molar-refractivity contribution is -0.166. The van der Waals surface area contributed by atoms with Gasteiger partial charge in [-0.15, -0.1) is 0 Å². The van der Waals surface area contributed by atoms with Crippen LogP contribution in [-0.4, -0.2) is 64.0 Å². The van der Waals surface area contributed by atoms with Crippen molar-refractivity contribution in [2.75, 3.05) is 28.1 Å². The highest BCUT2D eigenvalue weighted by atomic mass is 16.7. The second-order valence-corrected chi connectivity index (χ2v) is 14.4. The average Bonchev–Trinajstić information content (AvgIpc) is 3.38. The summed E-state index contributed by atoms with van der Waals surface area (Å²) in [5.74, 6) is 1.91. The minimum absolute atomic E-state index is 0.115. The van der Waals surface area contributed by atoms with Gasteiger partial charge in [0, 0.05) is 31.8 Å². The number of ether oxygens (including phenoxy) is 6. The molecule has 9 atom stereocenters. The number of allylic oxidation sites excluding steroid dienone is 3. The first kappa shape index (κ1) is 35.5. The molecule has 0 aromatic heterocycles. The SMILES string of the molecule is CCC(CC)(OCOC)C(=O)CC(C)[C@@H](C)[C@H]1CC[C@H]2C3=CC=C4C[C@@H](OC(=O)OC)C[C@H](OC(=O)OC)[C@]4(C)[C@H]3CC[C@]12C. The van der Waals surface area contributed by atoms with E-state index in [-0.39, 0.29) is 29.8 Å². The van der Waals surface area contributed by atoms with Gasteiger partial charge >= 0.3 is 12.3 Å². The van der Waals surface area contributed by atoms with Gasteiger partial charge in [0.05, 0.1) is 14.2 Å². The highest BCUT2D eigenvalue weighted by Gasteiger charge is 2.60. The molecule has 0 saturated heterocycles. The molecule has 0 aromatic carbocycles. The molecule has 45 heavy (non-hydrogen) atoms. The van der Waals surface area contributed by atoms with Crippen molar-refractivity contribution in [2.45, 2.75) is 117 Å². The molecule has 3 saturated carbocycles. The van der Waals surface area contributed by atoms with E-state index < -0.39 is 35.5 Å². The molecule has 3 fully saturated rings. The second-order valence-electron chi connectivity index (χ2n) is 14.4.